The van der Waals surface area contributed by atoms with Crippen LogP contribution in [0.2, 0.25) is 5.15 Å². The van der Waals surface area contributed by atoms with E-state index in [-0.39, 0.29) is 16.8 Å². The van der Waals surface area contributed by atoms with E-state index in [0.717, 1.165) is 12.8 Å². The molecule has 102 valence electrons. The Balaban J connectivity index is 1.78. The fourth-order valence-electron chi connectivity index (χ4n) is 2.56. The third-order valence-corrected chi connectivity index (χ3v) is 3.64. The van der Waals surface area contributed by atoms with Gasteiger partial charge in [0, 0.05) is 6.04 Å². The lowest BCUT2D eigenvalue weighted by Crippen LogP contribution is -2.20. The van der Waals surface area contributed by atoms with Gasteiger partial charge in [0.15, 0.2) is 0 Å². The van der Waals surface area contributed by atoms with E-state index < -0.39 is 5.97 Å². The molecular formula is C15H13ClN2O2. The number of carbonyl (C=O) groups is 1. The number of benzene rings is 1. The molecule has 0 saturated heterocycles. The predicted octanol–water partition coefficient (Wildman–Crippen LogP) is 3.01. The van der Waals surface area contributed by atoms with Crippen molar-refractivity contribution >= 4 is 23.4 Å². The van der Waals surface area contributed by atoms with E-state index in [2.05, 4.69) is 22.4 Å². The van der Waals surface area contributed by atoms with Crippen LogP contribution in [0.15, 0.2) is 36.4 Å². The quantitative estimate of drug-likeness (QED) is 0.852. The maximum absolute atomic E-state index is 11.0. The Kier molecular flexibility index (Phi) is 3.32. The first-order chi connectivity index (χ1) is 9.61. The molecule has 1 aromatic heterocycles. The third-order valence-electron chi connectivity index (χ3n) is 3.44. The van der Waals surface area contributed by atoms with Gasteiger partial charge in [0.25, 0.3) is 0 Å². The van der Waals surface area contributed by atoms with Crippen molar-refractivity contribution in [2.75, 3.05) is 5.32 Å². The lowest BCUT2D eigenvalue weighted by molar-refractivity contribution is 0.0697. The highest BCUT2D eigenvalue weighted by Gasteiger charge is 2.21. The molecule has 0 amide bonds. The smallest absolute Gasteiger partial charge is 0.335 e. The molecule has 1 aromatic carbocycles. The van der Waals surface area contributed by atoms with Crippen molar-refractivity contribution in [3.05, 3.63) is 58.2 Å². The number of halogens is 1. The summed E-state index contributed by atoms with van der Waals surface area (Å²) in [4.78, 5) is 15.1. The molecule has 2 N–H and O–H groups in total. The number of anilines is 1. The number of hydrogen-bond acceptors (Lipinski definition) is 3. The maximum Gasteiger partial charge on any atom is 0.335 e. The van der Waals surface area contributed by atoms with Gasteiger partial charge in [-0.1, -0.05) is 35.9 Å². The minimum absolute atomic E-state index is 0.142. The van der Waals surface area contributed by atoms with Crippen molar-refractivity contribution in [1.29, 1.82) is 0 Å². The zero-order valence-corrected chi connectivity index (χ0v) is 11.4. The van der Waals surface area contributed by atoms with Gasteiger partial charge in [0.1, 0.15) is 11.0 Å². The molecule has 0 spiro atoms. The summed E-state index contributed by atoms with van der Waals surface area (Å²) in [5, 5.41) is 12.5. The largest absolute Gasteiger partial charge is 0.478 e. The van der Waals surface area contributed by atoms with E-state index >= 15 is 0 Å². The van der Waals surface area contributed by atoms with Gasteiger partial charge >= 0.3 is 5.97 Å². The second kappa shape index (κ2) is 5.13. The summed E-state index contributed by atoms with van der Waals surface area (Å²) in [6.07, 6.45) is 1.82. The number of nitrogens with one attached hydrogen (secondary N) is 1. The van der Waals surface area contributed by atoms with Gasteiger partial charge in [-0.3, -0.25) is 0 Å². The molecule has 2 aromatic rings. The Morgan fingerprint density at radius 1 is 1.25 bits per heavy atom. The maximum atomic E-state index is 11.0. The second-order valence-corrected chi connectivity index (χ2v) is 5.27. The Morgan fingerprint density at radius 2 is 1.90 bits per heavy atom. The Labute approximate surface area is 121 Å². The molecule has 1 aliphatic carbocycles. The lowest BCUT2D eigenvalue weighted by Gasteiger charge is -2.13. The van der Waals surface area contributed by atoms with Crippen LogP contribution < -0.4 is 5.32 Å². The molecule has 0 saturated carbocycles. The fraction of sp³-hybridized carbons (Fsp3) is 0.200. The molecule has 1 aliphatic rings. The lowest BCUT2D eigenvalue weighted by atomic mass is 10.1. The van der Waals surface area contributed by atoms with Crippen LogP contribution >= 0.6 is 11.6 Å². The topological polar surface area (TPSA) is 62.2 Å². The first-order valence-corrected chi connectivity index (χ1v) is 6.74. The van der Waals surface area contributed by atoms with Crippen molar-refractivity contribution in [3.63, 3.8) is 0 Å². The van der Waals surface area contributed by atoms with Crippen LogP contribution in [-0.4, -0.2) is 22.1 Å². The molecule has 0 bridgehead atoms. The van der Waals surface area contributed by atoms with Crippen LogP contribution in [0.25, 0.3) is 0 Å². The van der Waals surface area contributed by atoms with Crippen LogP contribution in [0.4, 0.5) is 5.82 Å². The third kappa shape index (κ3) is 2.60. The van der Waals surface area contributed by atoms with Crippen LogP contribution in [0.3, 0.4) is 0 Å². The van der Waals surface area contributed by atoms with Gasteiger partial charge in [0.2, 0.25) is 0 Å². The standard InChI is InChI=1S/C15H13ClN2O2/c16-13-7-11(15(19)20)8-14(18-13)17-12-5-9-3-1-2-4-10(9)6-12/h1-4,7-8,12H,5-6H2,(H,17,18)(H,19,20). The number of fused-ring (bicyclic) bond motifs is 1. The van der Waals surface area contributed by atoms with E-state index in [0.29, 0.717) is 5.82 Å². The van der Waals surface area contributed by atoms with E-state index in [1.807, 2.05) is 12.1 Å². The van der Waals surface area contributed by atoms with Gasteiger partial charge in [-0.2, -0.15) is 0 Å². The Bertz CT molecular complexity index is 648. The number of aromatic nitrogens is 1. The number of carboxylic acids is 1. The normalized spacial score (nSPS) is 14.1. The monoisotopic (exact) mass is 288 g/mol. The number of aromatic carboxylic acids is 1. The molecule has 4 nitrogen and oxygen atoms in total. The zero-order valence-electron chi connectivity index (χ0n) is 10.6. The van der Waals surface area contributed by atoms with Gasteiger partial charge in [-0.15, -0.1) is 0 Å². The number of pyridine rings is 1. The molecule has 3 rings (SSSR count). The van der Waals surface area contributed by atoms with Crippen molar-refractivity contribution in [2.45, 2.75) is 18.9 Å². The van der Waals surface area contributed by atoms with Gasteiger partial charge in [-0.25, -0.2) is 9.78 Å². The zero-order chi connectivity index (χ0) is 14.1. The summed E-state index contributed by atoms with van der Waals surface area (Å²) in [7, 11) is 0. The molecule has 0 fully saturated rings. The van der Waals surface area contributed by atoms with Crippen LogP contribution in [0.5, 0.6) is 0 Å². The molecule has 0 unspecified atom stereocenters. The average Bonchev–Trinajstić information content (AvgIpc) is 2.79. The van der Waals surface area contributed by atoms with Gasteiger partial charge < -0.3 is 10.4 Å². The number of nitrogens with zero attached hydrogens (tertiary/aromatic N) is 1. The van der Waals surface area contributed by atoms with E-state index in [1.54, 1.807) is 0 Å². The molecular weight excluding hydrogens is 276 g/mol. The van der Waals surface area contributed by atoms with E-state index in [4.69, 9.17) is 16.7 Å². The molecule has 20 heavy (non-hydrogen) atoms. The second-order valence-electron chi connectivity index (χ2n) is 4.89. The van der Waals surface area contributed by atoms with Gasteiger partial charge in [0.05, 0.1) is 5.56 Å². The van der Waals surface area contributed by atoms with Crippen molar-refractivity contribution in [1.82, 2.24) is 4.98 Å². The number of rotatable bonds is 3. The number of carboxylic acid groups (broad SMARTS) is 1. The Morgan fingerprint density at radius 3 is 2.50 bits per heavy atom. The van der Waals surface area contributed by atoms with Crippen LogP contribution in [-0.2, 0) is 12.8 Å². The highest BCUT2D eigenvalue weighted by Crippen LogP contribution is 2.24. The number of hydrogen-bond donors (Lipinski definition) is 2. The van der Waals surface area contributed by atoms with E-state index in [9.17, 15) is 4.79 Å². The first kappa shape index (κ1) is 12.9. The van der Waals surface area contributed by atoms with E-state index in [1.165, 1.54) is 23.3 Å². The minimum atomic E-state index is -1.01. The predicted molar refractivity (Wildman–Crippen MR) is 77.5 cm³/mol. The SMILES string of the molecule is O=C(O)c1cc(Cl)nc(NC2Cc3ccccc3C2)c1. The Hall–Kier alpha value is -2.07. The highest BCUT2D eigenvalue weighted by molar-refractivity contribution is 6.29. The summed E-state index contributed by atoms with van der Waals surface area (Å²) in [5.41, 5.74) is 2.79. The highest BCUT2D eigenvalue weighted by atomic mass is 35.5. The molecule has 0 aliphatic heterocycles. The van der Waals surface area contributed by atoms with Crippen LogP contribution in [0, 0.1) is 0 Å². The van der Waals surface area contributed by atoms with Crippen molar-refractivity contribution < 1.29 is 9.90 Å². The molecule has 0 atom stereocenters. The summed E-state index contributed by atoms with van der Waals surface area (Å²) in [5.74, 6) is -0.500. The summed E-state index contributed by atoms with van der Waals surface area (Å²) in [6, 6.07) is 11.4. The minimum Gasteiger partial charge on any atom is -0.478 e. The summed E-state index contributed by atoms with van der Waals surface area (Å²) < 4.78 is 0. The summed E-state index contributed by atoms with van der Waals surface area (Å²) in [6.45, 7) is 0. The summed E-state index contributed by atoms with van der Waals surface area (Å²) >= 11 is 5.85. The van der Waals surface area contributed by atoms with Crippen molar-refractivity contribution in [3.8, 4) is 0 Å². The first-order valence-electron chi connectivity index (χ1n) is 6.36. The van der Waals surface area contributed by atoms with Crippen LogP contribution in [0.1, 0.15) is 21.5 Å². The van der Waals surface area contributed by atoms with Gasteiger partial charge in [-0.05, 0) is 36.1 Å². The molecule has 0 radical (unpaired) electrons. The fourth-order valence-corrected chi connectivity index (χ4v) is 2.77. The average molecular weight is 289 g/mol. The molecule has 1 heterocycles. The van der Waals surface area contributed by atoms with Crippen molar-refractivity contribution in [2.24, 2.45) is 0 Å². The molecule has 5 heteroatoms.